The highest BCUT2D eigenvalue weighted by molar-refractivity contribution is 9.10. The van der Waals surface area contributed by atoms with Crippen LogP contribution in [-0.2, 0) is 0 Å². The van der Waals surface area contributed by atoms with Gasteiger partial charge in [-0.2, -0.15) is 4.37 Å². The molecule has 0 aliphatic carbocycles. The van der Waals surface area contributed by atoms with Crippen LogP contribution in [0.2, 0.25) is 0 Å². The van der Waals surface area contributed by atoms with Crippen LogP contribution in [0, 0.1) is 6.92 Å². The van der Waals surface area contributed by atoms with Crippen LogP contribution in [0.4, 0.5) is 5.00 Å². The number of amides is 1. The molecule has 0 saturated carbocycles. The van der Waals surface area contributed by atoms with E-state index < -0.39 is 5.97 Å². The second-order valence-corrected chi connectivity index (χ2v) is 5.46. The lowest BCUT2D eigenvalue weighted by atomic mass is 10.2. The Morgan fingerprint density at radius 3 is 2.75 bits per heavy atom. The molecule has 0 radical (unpaired) electrons. The zero-order valence-corrected chi connectivity index (χ0v) is 13.0. The van der Waals surface area contributed by atoms with Gasteiger partial charge in [-0.05, 0) is 46.5 Å². The monoisotopic (exact) mass is 355 g/mol. The third kappa shape index (κ3) is 2.56. The van der Waals surface area contributed by atoms with Crippen LogP contribution in [-0.4, -0.2) is 33.4 Å². The number of carbonyl (C=O) groups is 2. The van der Waals surface area contributed by atoms with E-state index >= 15 is 0 Å². The van der Waals surface area contributed by atoms with Crippen molar-refractivity contribution < 1.29 is 14.7 Å². The number of hydrogen-bond donors (Lipinski definition) is 1. The number of halogens is 1. The Morgan fingerprint density at radius 1 is 1.45 bits per heavy atom. The maximum Gasteiger partial charge on any atom is 0.340 e. The highest BCUT2D eigenvalue weighted by Crippen LogP contribution is 2.29. The van der Waals surface area contributed by atoms with Gasteiger partial charge in [0.15, 0.2) is 0 Å². The topological polar surface area (TPSA) is 83.4 Å². The molecule has 20 heavy (non-hydrogen) atoms. The van der Waals surface area contributed by atoms with Gasteiger partial charge in [-0.3, -0.25) is 4.79 Å². The second kappa shape index (κ2) is 5.68. The molecule has 0 saturated heterocycles. The molecule has 0 fully saturated rings. The normalized spacial score (nSPS) is 10.3. The Hall–Kier alpha value is -1.80. The first-order valence-electron chi connectivity index (χ1n) is 5.51. The highest BCUT2D eigenvalue weighted by atomic mass is 79.9. The number of aromatic carboxylic acids is 1. The first-order valence-corrected chi connectivity index (χ1v) is 7.08. The Bertz CT molecular complexity index is 686. The zero-order valence-electron chi connectivity index (χ0n) is 10.6. The van der Waals surface area contributed by atoms with Gasteiger partial charge in [-0.15, -0.1) is 0 Å². The van der Waals surface area contributed by atoms with Gasteiger partial charge in [0, 0.05) is 13.2 Å². The fraction of sp³-hybridized carbons (Fsp3) is 0.167. The van der Waals surface area contributed by atoms with E-state index in [1.165, 1.54) is 11.9 Å². The average molecular weight is 356 g/mol. The molecule has 2 heterocycles. The number of carboxylic acids is 1. The van der Waals surface area contributed by atoms with Crippen LogP contribution in [0.3, 0.4) is 0 Å². The quantitative estimate of drug-likeness (QED) is 0.855. The fourth-order valence-corrected chi connectivity index (χ4v) is 2.92. The molecule has 2 rings (SSSR count). The molecule has 6 nitrogen and oxygen atoms in total. The van der Waals surface area contributed by atoms with E-state index in [1.807, 2.05) is 0 Å². The number of rotatable bonds is 3. The lowest BCUT2D eigenvalue weighted by Crippen LogP contribution is -2.27. The van der Waals surface area contributed by atoms with Crippen molar-refractivity contribution in [3.63, 3.8) is 0 Å². The standard InChI is InChI=1S/C12H10BrN3O3S/c1-6-8(12(18)19)11(20-15-6)16(2)10(17)7-4-3-5-14-9(7)13/h3-5H,1-2H3,(H,18,19). The Labute approximate surface area is 127 Å². The first-order chi connectivity index (χ1) is 9.43. The Balaban J connectivity index is 2.42. The Kier molecular flexibility index (Phi) is 4.15. The molecule has 0 unspecified atom stereocenters. The summed E-state index contributed by atoms with van der Waals surface area (Å²) < 4.78 is 4.41. The lowest BCUT2D eigenvalue weighted by molar-refractivity contribution is 0.0697. The smallest absolute Gasteiger partial charge is 0.340 e. The summed E-state index contributed by atoms with van der Waals surface area (Å²) in [4.78, 5) is 28.9. The van der Waals surface area contributed by atoms with Gasteiger partial charge in [0.1, 0.15) is 15.2 Å². The summed E-state index contributed by atoms with van der Waals surface area (Å²) in [7, 11) is 1.52. The van der Waals surface area contributed by atoms with Crippen LogP contribution in [0.5, 0.6) is 0 Å². The Morgan fingerprint density at radius 2 is 2.15 bits per heavy atom. The van der Waals surface area contributed by atoms with Crippen LogP contribution in [0.25, 0.3) is 0 Å². The summed E-state index contributed by atoms with van der Waals surface area (Å²) >= 11 is 4.18. The molecule has 2 aromatic heterocycles. The molecule has 8 heteroatoms. The van der Waals surface area contributed by atoms with Gasteiger partial charge in [0.05, 0.1) is 11.3 Å². The zero-order chi connectivity index (χ0) is 14.9. The summed E-state index contributed by atoms with van der Waals surface area (Å²) in [6, 6.07) is 3.26. The summed E-state index contributed by atoms with van der Waals surface area (Å²) in [6.07, 6.45) is 1.56. The predicted molar refractivity (Wildman–Crippen MR) is 78.5 cm³/mol. The fourth-order valence-electron chi connectivity index (χ4n) is 1.65. The maximum absolute atomic E-state index is 12.4. The number of nitrogens with zero attached hydrogens (tertiary/aromatic N) is 3. The van der Waals surface area contributed by atoms with E-state index in [0.29, 0.717) is 20.9 Å². The van der Waals surface area contributed by atoms with Crippen LogP contribution in [0.1, 0.15) is 26.4 Å². The third-order valence-corrected chi connectivity index (χ3v) is 4.31. The van der Waals surface area contributed by atoms with E-state index in [9.17, 15) is 14.7 Å². The summed E-state index contributed by atoms with van der Waals surface area (Å²) in [5.74, 6) is -1.45. The van der Waals surface area contributed by atoms with E-state index in [1.54, 1.807) is 25.3 Å². The third-order valence-electron chi connectivity index (χ3n) is 2.66. The molecule has 0 bridgehead atoms. The molecular formula is C12H10BrN3O3S. The van der Waals surface area contributed by atoms with Crippen molar-refractivity contribution in [2.75, 3.05) is 11.9 Å². The first kappa shape index (κ1) is 14.6. The van der Waals surface area contributed by atoms with E-state index in [2.05, 4.69) is 25.3 Å². The van der Waals surface area contributed by atoms with Gasteiger partial charge in [0.2, 0.25) is 0 Å². The molecule has 0 aliphatic heterocycles. The molecule has 0 aromatic carbocycles. The minimum Gasteiger partial charge on any atom is -0.478 e. The molecule has 0 aliphatic rings. The van der Waals surface area contributed by atoms with Crippen LogP contribution < -0.4 is 4.90 Å². The molecule has 0 atom stereocenters. The van der Waals surface area contributed by atoms with Crippen LogP contribution in [0.15, 0.2) is 22.9 Å². The van der Waals surface area contributed by atoms with Crippen molar-refractivity contribution >= 4 is 44.3 Å². The van der Waals surface area contributed by atoms with Crippen LogP contribution >= 0.6 is 27.5 Å². The van der Waals surface area contributed by atoms with Crippen molar-refractivity contribution in [1.29, 1.82) is 0 Å². The van der Waals surface area contributed by atoms with Gasteiger partial charge >= 0.3 is 5.97 Å². The second-order valence-electron chi connectivity index (χ2n) is 3.96. The van der Waals surface area contributed by atoms with E-state index in [0.717, 1.165) is 11.5 Å². The number of hydrogen-bond acceptors (Lipinski definition) is 5. The summed E-state index contributed by atoms with van der Waals surface area (Å²) in [5, 5.41) is 9.50. The van der Waals surface area contributed by atoms with Crippen molar-refractivity contribution in [3.8, 4) is 0 Å². The van der Waals surface area contributed by atoms with Crippen molar-refractivity contribution in [2.24, 2.45) is 0 Å². The number of pyridine rings is 1. The highest BCUT2D eigenvalue weighted by Gasteiger charge is 2.25. The predicted octanol–water partition coefficient (Wildman–Crippen LogP) is 2.58. The number of aryl methyl sites for hydroxylation is 1. The van der Waals surface area contributed by atoms with Gasteiger partial charge in [-0.25, -0.2) is 9.78 Å². The molecule has 1 amide bonds. The molecule has 0 spiro atoms. The maximum atomic E-state index is 12.4. The number of carboxylic acid groups (broad SMARTS) is 1. The molecular weight excluding hydrogens is 346 g/mol. The lowest BCUT2D eigenvalue weighted by Gasteiger charge is -2.16. The minimum atomic E-state index is -1.10. The number of aromatic nitrogens is 2. The number of anilines is 1. The van der Waals surface area contributed by atoms with Gasteiger partial charge in [0.25, 0.3) is 5.91 Å². The molecule has 1 N–H and O–H groups in total. The van der Waals surface area contributed by atoms with Crippen molar-refractivity contribution in [3.05, 3.63) is 39.8 Å². The molecule has 2 aromatic rings. The largest absolute Gasteiger partial charge is 0.478 e. The SMILES string of the molecule is Cc1nsc(N(C)C(=O)c2cccnc2Br)c1C(=O)O. The minimum absolute atomic E-state index is 0.0471. The average Bonchev–Trinajstić information content (AvgIpc) is 2.79. The summed E-state index contributed by atoms with van der Waals surface area (Å²) in [6.45, 7) is 1.60. The van der Waals surface area contributed by atoms with Gasteiger partial charge < -0.3 is 10.0 Å². The van der Waals surface area contributed by atoms with E-state index in [-0.39, 0.29) is 11.5 Å². The van der Waals surface area contributed by atoms with Gasteiger partial charge in [-0.1, -0.05) is 0 Å². The van der Waals surface area contributed by atoms with E-state index in [4.69, 9.17) is 0 Å². The van der Waals surface area contributed by atoms with Crippen molar-refractivity contribution in [2.45, 2.75) is 6.92 Å². The number of carbonyl (C=O) groups excluding carboxylic acids is 1. The summed E-state index contributed by atoms with van der Waals surface area (Å²) in [5.41, 5.74) is 0.797. The molecule has 104 valence electrons. The van der Waals surface area contributed by atoms with Crippen molar-refractivity contribution in [1.82, 2.24) is 9.36 Å².